The number of hydrogen-bond acceptors (Lipinski definition) is 3. The molecule has 2 fully saturated rings. The maximum atomic E-state index is 12.3. The van der Waals surface area contributed by atoms with E-state index in [9.17, 15) is 4.79 Å². The number of amides is 1. The molecule has 1 aliphatic heterocycles. The number of carbonyl (C=O) groups is 1. The number of nitrogens with two attached hydrogens (primary N) is 1. The molecule has 1 amide bonds. The third-order valence-corrected chi connectivity index (χ3v) is 4.41. The Hall–Kier alpha value is -0.610. The number of likely N-dealkylation sites (tertiary alicyclic amines) is 1. The Kier molecular flexibility index (Phi) is 3.73. The molecule has 1 aliphatic carbocycles. The lowest BCUT2D eigenvalue weighted by Gasteiger charge is -2.32. The van der Waals surface area contributed by atoms with Crippen molar-refractivity contribution in [1.29, 1.82) is 0 Å². The topological polar surface area (TPSA) is 49.6 Å². The van der Waals surface area contributed by atoms with Crippen LogP contribution in [-0.2, 0) is 4.79 Å². The molecule has 1 heterocycles. The van der Waals surface area contributed by atoms with Crippen LogP contribution in [0.2, 0.25) is 0 Å². The molecule has 2 N–H and O–H groups in total. The van der Waals surface area contributed by atoms with Gasteiger partial charge >= 0.3 is 0 Å². The fourth-order valence-corrected chi connectivity index (χ4v) is 2.75. The number of rotatable bonds is 4. The predicted molar refractivity (Wildman–Crippen MR) is 68.6 cm³/mol. The van der Waals surface area contributed by atoms with E-state index in [2.05, 4.69) is 11.9 Å². The van der Waals surface area contributed by atoms with Gasteiger partial charge in [-0.1, -0.05) is 0 Å². The highest BCUT2D eigenvalue weighted by Gasteiger charge is 2.43. The third-order valence-electron chi connectivity index (χ3n) is 4.41. The second kappa shape index (κ2) is 4.94. The van der Waals surface area contributed by atoms with Crippen molar-refractivity contribution in [3.63, 3.8) is 0 Å². The minimum Gasteiger partial charge on any atom is -0.345 e. The Labute approximate surface area is 104 Å². The molecule has 0 radical (unpaired) electrons. The Morgan fingerprint density at radius 2 is 2.00 bits per heavy atom. The summed E-state index contributed by atoms with van der Waals surface area (Å²) in [5, 5.41) is 0. The van der Waals surface area contributed by atoms with E-state index in [1.807, 2.05) is 11.9 Å². The number of nitrogens with zero attached hydrogens (tertiary/aromatic N) is 2. The van der Waals surface area contributed by atoms with Crippen molar-refractivity contribution in [2.75, 3.05) is 40.3 Å². The summed E-state index contributed by atoms with van der Waals surface area (Å²) in [6.45, 7) is 3.67. The van der Waals surface area contributed by atoms with Crippen LogP contribution in [0.5, 0.6) is 0 Å². The van der Waals surface area contributed by atoms with Gasteiger partial charge in [-0.15, -0.1) is 0 Å². The standard InChI is InChI=1S/C13H25N3O/c1-15-7-3-11(4-8-15)12(17)16(2)10-13(9-14)5-6-13/h11H,3-10,14H2,1-2H3. The average molecular weight is 239 g/mol. The first-order chi connectivity index (χ1) is 8.06. The molecule has 98 valence electrons. The monoisotopic (exact) mass is 239 g/mol. The molecule has 2 aliphatic rings. The van der Waals surface area contributed by atoms with Gasteiger partial charge in [-0.3, -0.25) is 4.79 Å². The van der Waals surface area contributed by atoms with Crippen LogP contribution in [-0.4, -0.2) is 56.0 Å². The van der Waals surface area contributed by atoms with Crippen LogP contribution in [0.25, 0.3) is 0 Å². The molecule has 2 rings (SSSR count). The van der Waals surface area contributed by atoms with Gasteiger partial charge in [0.15, 0.2) is 0 Å². The van der Waals surface area contributed by atoms with Crippen molar-refractivity contribution < 1.29 is 4.79 Å². The zero-order valence-corrected chi connectivity index (χ0v) is 11.1. The highest BCUT2D eigenvalue weighted by molar-refractivity contribution is 5.78. The Morgan fingerprint density at radius 3 is 2.47 bits per heavy atom. The summed E-state index contributed by atoms with van der Waals surface area (Å²) in [6.07, 6.45) is 4.40. The number of carbonyl (C=O) groups excluding carboxylic acids is 1. The number of hydrogen-bond donors (Lipinski definition) is 1. The minimum atomic E-state index is 0.241. The van der Waals surface area contributed by atoms with E-state index >= 15 is 0 Å². The molecule has 0 atom stereocenters. The van der Waals surface area contributed by atoms with Crippen molar-refractivity contribution >= 4 is 5.91 Å². The molecule has 17 heavy (non-hydrogen) atoms. The van der Waals surface area contributed by atoms with Crippen LogP contribution in [0, 0.1) is 11.3 Å². The van der Waals surface area contributed by atoms with Gasteiger partial charge in [0, 0.05) is 24.9 Å². The summed E-state index contributed by atoms with van der Waals surface area (Å²) in [6, 6.07) is 0. The highest BCUT2D eigenvalue weighted by Crippen LogP contribution is 2.45. The van der Waals surface area contributed by atoms with E-state index in [-0.39, 0.29) is 11.3 Å². The van der Waals surface area contributed by atoms with Crippen molar-refractivity contribution in [3.8, 4) is 0 Å². The maximum absolute atomic E-state index is 12.3. The molecular weight excluding hydrogens is 214 g/mol. The lowest BCUT2D eigenvalue weighted by atomic mass is 9.95. The van der Waals surface area contributed by atoms with Crippen LogP contribution in [0.1, 0.15) is 25.7 Å². The van der Waals surface area contributed by atoms with Crippen molar-refractivity contribution in [3.05, 3.63) is 0 Å². The van der Waals surface area contributed by atoms with Crippen molar-refractivity contribution in [1.82, 2.24) is 9.80 Å². The van der Waals surface area contributed by atoms with Gasteiger partial charge in [0.25, 0.3) is 0 Å². The fraction of sp³-hybridized carbons (Fsp3) is 0.923. The molecule has 1 saturated carbocycles. The molecule has 0 aromatic heterocycles. The largest absolute Gasteiger partial charge is 0.345 e. The van der Waals surface area contributed by atoms with Crippen molar-refractivity contribution in [2.45, 2.75) is 25.7 Å². The first-order valence-corrected chi connectivity index (χ1v) is 6.70. The molecular formula is C13H25N3O. The summed E-state index contributed by atoms with van der Waals surface area (Å²) in [4.78, 5) is 16.5. The molecule has 4 nitrogen and oxygen atoms in total. The van der Waals surface area contributed by atoms with Gasteiger partial charge in [0.05, 0.1) is 0 Å². The second-order valence-corrected chi connectivity index (χ2v) is 5.98. The normalized spacial score (nSPS) is 24.6. The summed E-state index contributed by atoms with van der Waals surface area (Å²) in [5.41, 5.74) is 6.03. The van der Waals surface area contributed by atoms with Gasteiger partial charge in [-0.05, 0) is 52.4 Å². The summed E-state index contributed by atoms with van der Waals surface area (Å²) < 4.78 is 0. The Balaban J connectivity index is 1.82. The summed E-state index contributed by atoms with van der Waals surface area (Å²) >= 11 is 0. The second-order valence-electron chi connectivity index (χ2n) is 5.98. The minimum absolute atomic E-state index is 0.241. The fourth-order valence-electron chi connectivity index (χ4n) is 2.75. The molecule has 0 spiro atoms. The average Bonchev–Trinajstić information content (AvgIpc) is 3.09. The summed E-state index contributed by atoms with van der Waals surface area (Å²) in [7, 11) is 4.06. The van der Waals surface area contributed by atoms with Gasteiger partial charge in [-0.2, -0.15) is 0 Å². The maximum Gasteiger partial charge on any atom is 0.225 e. The van der Waals surface area contributed by atoms with Gasteiger partial charge in [-0.25, -0.2) is 0 Å². The van der Waals surface area contributed by atoms with E-state index in [1.165, 1.54) is 12.8 Å². The van der Waals surface area contributed by atoms with Crippen LogP contribution in [0.15, 0.2) is 0 Å². The van der Waals surface area contributed by atoms with Crippen molar-refractivity contribution in [2.24, 2.45) is 17.1 Å². The number of piperidine rings is 1. The highest BCUT2D eigenvalue weighted by atomic mass is 16.2. The molecule has 1 saturated heterocycles. The van der Waals surface area contributed by atoms with Crippen LogP contribution in [0.4, 0.5) is 0 Å². The lowest BCUT2D eigenvalue weighted by molar-refractivity contribution is -0.136. The van der Waals surface area contributed by atoms with E-state index in [0.717, 1.165) is 39.0 Å². The molecule has 4 heteroatoms. The summed E-state index contributed by atoms with van der Waals surface area (Å²) in [5.74, 6) is 0.572. The molecule has 0 unspecified atom stereocenters. The zero-order chi connectivity index (χ0) is 12.5. The van der Waals surface area contributed by atoms with Crippen LogP contribution >= 0.6 is 0 Å². The van der Waals surface area contributed by atoms with E-state index in [1.54, 1.807) is 0 Å². The first-order valence-electron chi connectivity index (χ1n) is 6.70. The van der Waals surface area contributed by atoms with Gasteiger partial charge < -0.3 is 15.5 Å². The lowest BCUT2D eigenvalue weighted by Crippen LogP contribution is -2.42. The van der Waals surface area contributed by atoms with Crippen LogP contribution < -0.4 is 5.73 Å². The molecule has 0 aromatic rings. The van der Waals surface area contributed by atoms with E-state index < -0.39 is 0 Å². The Bertz CT molecular complexity index is 280. The quantitative estimate of drug-likeness (QED) is 0.778. The van der Waals surface area contributed by atoms with Gasteiger partial charge in [0.2, 0.25) is 5.91 Å². The third kappa shape index (κ3) is 2.99. The first kappa shape index (κ1) is 12.8. The van der Waals surface area contributed by atoms with E-state index in [0.29, 0.717) is 5.91 Å². The van der Waals surface area contributed by atoms with Gasteiger partial charge in [0.1, 0.15) is 0 Å². The van der Waals surface area contributed by atoms with E-state index in [4.69, 9.17) is 5.73 Å². The SMILES string of the molecule is CN1CCC(C(=O)N(C)CC2(CN)CC2)CC1. The predicted octanol–water partition coefficient (Wildman–Crippen LogP) is 0.526. The Morgan fingerprint density at radius 1 is 1.41 bits per heavy atom. The van der Waals surface area contributed by atoms with Crippen LogP contribution in [0.3, 0.4) is 0 Å². The smallest absolute Gasteiger partial charge is 0.225 e. The molecule has 0 aromatic carbocycles. The zero-order valence-electron chi connectivity index (χ0n) is 11.1. The molecule has 0 bridgehead atoms.